The van der Waals surface area contributed by atoms with Gasteiger partial charge < -0.3 is 5.73 Å². The van der Waals surface area contributed by atoms with E-state index in [1.807, 2.05) is 0 Å². The molecule has 0 aliphatic heterocycles. The third-order valence-corrected chi connectivity index (χ3v) is 6.53. The lowest BCUT2D eigenvalue weighted by molar-refractivity contribution is 0.595. The maximum Gasteiger partial charge on any atom is 0.266 e. The topological polar surface area (TPSA) is 63.4 Å². The minimum absolute atomic E-state index is 0.0256. The first-order valence-corrected chi connectivity index (χ1v) is 8.99. The van der Waals surface area contributed by atoms with Crippen LogP contribution < -0.4 is 10.0 Å². The Hall–Kier alpha value is -0.860. The Morgan fingerprint density at radius 1 is 1.33 bits per heavy atom. The van der Waals surface area contributed by atoms with Gasteiger partial charge in [-0.1, -0.05) is 47.6 Å². The van der Waals surface area contributed by atoms with Crippen molar-refractivity contribution in [3.8, 4) is 0 Å². The second-order valence-electron chi connectivity index (χ2n) is 4.08. The molecule has 0 radical (unpaired) electrons. The Bertz CT molecular complexity index is 803. The first-order valence-electron chi connectivity index (χ1n) is 5.57. The van der Waals surface area contributed by atoms with Crippen LogP contribution in [0.3, 0.4) is 0 Å². The molecule has 1 aromatic carbocycles. The van der Waals surface area contributed by atoms with E-state index in [-0.39, 0.29) is 14.2 Å². The third-order valence-electron chi connectivity index (χ3n) is 2.76. The number of benzene rings is 1. The summed E-state index contributed by atoms with van der Waals surface area (Å²) in [4.78, 5) is 0.168. The van der Waals surface area contributed by atoms with Gasteiger partial charge in [-0.05, 0) is 18.2 Å². The molecular formula is C12H10Cl2N2O2S3. The zero-order valence-corrected chi connectivity index (χ0v) is 14.7. The summed E-state index contributed by atoms with van der Waals surface area (Å²) in [6, 6.07) is 7.96. The van der Waals surface area contributed by atoms with Gasteiger partial charge >= 0.3 is 0 Å². The smallest absolute Gasteiger partial charge is 0.266 e. The summed E-state index contributed by atoms with van der Waals surface area (Å²) in [6.07, 6.45) is 0. The van der Waals surface area contributed by atoms with E-state index in [9.17, 15) is 8.42 Å². The molecule has 1 heterocycles. The van der Waals surface area contributed by atoms with Crippen molar-refractivity contribution in [2.24, 2.45) is 5.73 Å². The third kappa shape index (κ3) is 3.32. The van der Waals surface area contributed by atoms with E-state index in [4.69, 9.17) is 41.2 Å². The van der Waals surface area contributed by atoms with Crippen LogP contribution in [0.5, 0.6) is 0 Å². The highest BCUT2D eigenvalue weighted by molar-refractivity contribution is 7.93. The fourth-order valence-corrected chi connectivity index (χ4v) is 5.07. The number of halogens is 2. The van der Waals surface area contributed by atoms with Gasteiger partial charge in [0.25, 0.3) is 10.0 Å². The number of rotatable bonds is 4. The van der Waals surface area contributed by atoms with Gasteiger partial charge in [-0.3, -0.25) is 4.31 Å². The number of hydrogen-bond acceptors (Lipinski definition) is 4. The van der Waals surface area contributed by atoms with Gasteiger partial charge in [-0.25, -0.2) is 8.42 Å². The van der Waals surface area contributed by atoms with Crippen molar-refractivity contribution in [3.05, 3.63) is 44.6 Å². The molecule has 0 bridgehead atoms. The zero-order chi connectivity index (χ0) is 15.8. The van der Waals surface area contributed by atoms with Crippen molar-refractivity contribution in [3.63, 3.8) is 0 Å². The van der Waals surface area contributed by atoms with Crippen molar-refractivity contribution < 1.29 is 8.42 Å². The number of nitrogens with zero attached hydrogens (tertiary/aromatic N) is 1. The predicted molar refractivity (Wildman–Crippen MR) is 92.3 cm³/mol. The number of anilines is 1. The fourth-order valence-electron chi connectivity index (χ4n) is 1.64. The highest BCUT2D eigenvalue weighted by atomic mass is 35.5. The molecule has 21 heavy (non-hydrogen) atoms. The van der Waals surface area contributed by atoms with E-state index in [0.717, 1.165) is 15.6 Å². The van der Waals surface area contributed by atoms with Crippen molar-refractivity contribution in [1.82, 2.24) is 0 Å². The number of sulfonamides is 1. The Kier molecular flexibility index (Phi) is 4.79. The molecule has 0 spiro atoms. The molecule has 0 aliphatic rings. The van der Waals surface area contributed by atoms with Gasteiger partial charge in [0, 0.05) is 12.6 Å². The Morgan fingerprint density at radius 2 is 2.00 bits per heavy atom. The molecule has 0 saturated carbocycles. The summed E-state index contributed by atoms with van der Waals surface area (Å²) in [5.41, 5.74) is 6.57. The van der Waals surface area contributed by atoms with Crippen molar-refractivity contribution in [2.75, 3.05) is 11.4 Å². The van der Waals surface area contributed by atoms with Gasteiger partial charge in [0.15, 0.2) is 0 Å². The molecule has 1 aromatic heterocycles. The first kappa shape index (κ1) is 16.5. The Labute approximate surface area is 142 Å². The fraction of sp³-hybridized carbons (Fsp3) is 0.0833. The Morgan fingerprint density at radius 3 is 2.52 bits per heavy atom. The zero-order valence-electron chi connectivity index (χ0n) is 10.7. The average Bonchev–Trinajstić information content (AvgIpc) is 2.77. The molecule has 0 aliphatic carbocycles. The minimum Gasteiger partial charge on any atom is -0.389 e. The van der Waals surface area contributed by atoms with Crippen LogP contribution >= 0.6 is 46.8 Å². The molecule has 0 fully saturated rings. The van der Waals surface area contributed by atoms with Crippen LogP contribution in [0.2, 0.25) is 8.67 Å². The summed E-state index contributed by atoms with van der Waals surface area (Å²) in [5, 5.41) is 0. The molecular weight excluding hydrogens is 371 g/mol. The SMILES string of the molecule is CN(c1cccc(C(N)=S)c1)S(=O)(=O)c1cc(Cl)sc1Cl. The molecule has 9 heteroatoms. The molecule has 0 saturated heterocycles. The highest BCUT2D eigenvalue weighted by Crippen LogP contribution is 2.36. The maximum absolute atomic E-state index is 12.6. The maximum atomic E-state index is 12.6. The largest absolute Gasteiger partial charge is 0.389 e. The summed E-state index contributed by atoms with van der Waals surface area (Å²) >= 11 is 17.6. The van der Waals surface area contributed by atoms with Gasteiger partial charge in [0.2, 0.25) is 0 Å². The lowest BCUT2D eigenvalue weighted by atomic mass is 10.2. The molecule has 2 rings (SSSR count). The number of nitrogens with two attached hydrogens (primary N) is 1. The van der Waals surface area contributed by atoms with E-state index in [1.54, 1.807) is 24.3 Å². The summed E-state index contributed by atoms with van der Waals surface area (Å²) < 4.78 is 26.7. The molecule has 2 aromatic rings. The summed E-state index contributed by atoms with van der Waals surface area (Å²) in [7, 11) is -2.37. The van der Waals surface area contributed by atoms with Gasteiger partial charge in [-0.2, -0.15) is 0 Å². The van der Waals surface area contributed by atoms with Crippen molar-refractivity contribution >= 4 is 67.5 Å². The van der Waals surface area contributed by atoms with Crippen LogP contribution in [0.1, 0.15) is 5.56 Å². The second kappa shape index (κ2) is 6.10. The van der Waals surface area contributed by atoms with Crippen LogP contribution in [-0.4, -0.2) is 20.5 Å². The van der Waals surface area contributed by atoms with E-state index >= 15 is 0 Å². The van der Waals surface area contributed by atoms with Crippen molar-refractivity contribution in [1.29, 1.82) is 0 Å². The van der Waals surface area contributed by atoms with Gasteiger partial charge in [0.1, 0.15) is 14.2 Å². The van der Waals surface area contributed by atoms with Crippen LogP contribution in [0, 0.1) is 0 Å². The normalized spacial score (nSPS) is 11.4. The average molecular weight is 381 g/mol. The quantitative estimate of drug-likeness (QED) is 0.824. The van der Waals surface area contributed by atoms with Crippen molar-refractivity contribution in [2.45, 2.75) is 4.90 Å². The lowest BCUT2D eigenvalue weighted by Crippen LogP contribution is -2.26. The predicted octanol–water partition coefficient (Wildman–Crippen LogP) is 3.51. The number of thiocarbonyl (C=S) groups is 1. The summed E-state index contributed by atoms with van der Waals surface area (Å²) in [5.74, 6) is 0. The molecule has 4 nitrogen and oxygen atoms in total. The van der Waals surface area contributed by atoms with Gasteiger partial charge in [0.05, 0.1) is 10.0 Å². The van der Waals surface area contributed by atoms with Crippen LogP contribution in [0.15, 0.2) is 35.2 Å². The monoisotopic (exact) mass is 380 g/mol. The highest BCUT2D eigenvalue weighted by Gasteiger charge is 2.26. The van der Waals surface area contributed by atoms with E-state index in [2.05, 4.69) is 0 Å². The molecule has 2 N–H and O–H groups in total. The number of hydrogen-bond donors (Lipinski definition) is 1. The van der Waals surface area contributed by atoms with E-state index in [0.29, 0.717) is 15.6 Å². The van der Waals surface area contributed by atoms with Gasteiger partial charge in [-0.15, -0.1) is 11.3 Å². The molecule has 0 amide bonds. The first-order chi connectivity index (χ1) is 9.73. The minimum atomic E-state index is -3.80. The van der Waals surface area contributed by atoms with Crippen LogP contribution in [0.25, 0.3) is 0 Å². The van der Waals surface area contributed by atoms with E-state index in [1.165, 1.54) is 13.1 Å². The van der Waals surface area contributed by atoms with Crippen LogP contribution in [0.4, 0.5) is 5.69 Å². The van der Waals surface area contributed by atoms with E-state index < -0.39 is 10.0 Å². The second-order valence-corrected chi connectivity index (χ2v) is 8.74. The molecule has 112 valence electrons. The Balaban J connectivity index is 2.48. The molecule has 0 unspecified atom stereocenters. The lowest BCUT2D eigenvalue weighted by Gasteiger charge is -2.19. The van der Waals surface area contributed by atoms with Crippen LogP contribution in [-0.2, 0) is 10.0 Å². The standard InChI is InChI=1S/C12H10Cl2N2O2S3/c1-16(8-4-2-3-7(5-8)12(15)19)21(17,18)9-6-10(13)20-11(9)14/h2-6H,1H3,(H2,15,19). The summed E-state index contributed by atoms with van der Waals surface area (Å²) in [6.45, 7) is 0. The molecule has 0 atom stereocenters. The number of thiophene rings is 1.